The van der Waals surface area contributed by atoms with Gasteiger partial charge in [0.2, 0.25) is 0 Å². The average molecular weight is 266 g/mol. The van der Waals surface area contributed by atoms with E-state index in [1.54, 1.807) is 20.4 Å². The van der Waals surface area contributed by atoms with Crippen LogP contribution < -0.4 is 0 Å². The van der Waals surface area contributed by atoms with Crippen molar-refractivity contribution in [2.45, 2.75) is 26.7 Å². The van der Waals surface area contributed by atoms with E-state index in [0.717, 1.165) is 12.8 Å². The molecule has 1 atom stereocenters. The molecule has 16 heavy (non-hydrogen) atoms. The maximum Gasteiger partial charge on any atom is 2.00 e. The molecule has 4 nitrogen and oxygen atoms in total. The third-order valence-electron chi connectivity index (χ3n) is 1.91. The van der Waals surface area contributed by atoms with Crippen LogP contribution in [0.15, 0.2) is 0 Å². The summed E-state index contributed by atoms with van der Waals surface area (Å²) in [7, 11) is 1.61. The van der Waals surface area contributed by atoms with E-state index >= 15 is 0 Å². The normalized spacial score (nSPS) is 10.4. The monoisotopic (exact) mass is 266 g/mol. The maximum absolute atomic E-state index is 11.4. The van der Waals surface area contributed by atoms with Gasteiger partial charge in [0.05, 0.1) is 12.5 Å². The fourth-order valence-corrected chi connectivity index (χ4v) is 1.26. The molecule has 0 heterocycles. The molecule has 0 rings (SSSR count). The van der Waals surface area contributed by atoms with Crippen molar-refractivity contribution in [3.8, 4) is 0 Å². The van der Waals surface area contributed by atoms with Gasteiger partial charge in [0.25, 0.3) is 0 Å². The maximum atomic E-state index is 11.4. The van der Waals surface area contributed by atoms with Gasteiger partial charge in [-0.3, -0.25) is 4.79 Å². The van der Waals surface area contributed by atoms with E-state index in [1.807, 2.05) is 6.92 Å². The second-order valence-corrected chi connectivity index (χ2v) is 3.21. The Labute approximate surface area is 111 Å². The van der Waals surface area contributed by atoms with Gasteiger partial charge in [-0.15, -0.1) is 0 Å². The predicted octanol–water partition coefficient (Wildman–Crippen LogP) is 1.41. The minimum atomic E-state index is -0.226. The summed E-state index contributed by atoms with van der Waals surface area (Å²) >= 11 is 0. The zero-order valence-corrected chi connectivity index (χ0v) is 11.9. The SMILES string of the molecule is CCCC(CN(C)[C-]=O)C(=O)OCC.[CH3-].[V+2]. The third kappa shape index (κ3) is 8.80. The Kier molecular flexibility index (Phi) is 16.4. The van der Waals surface area contributed by atoms with E-state index in [9.17, 15) is 9.59 Å². The summed E-state index contributed by atoms with van der Waals surface area (Å²) in [5, 5.41) is 0. The van der Waals surface area contributed by atoms with Gasteiger partial charge in [-0.1, -0.05) is 13.3 Å². The van der Waals surface area contributed by atoms with Crippen LogP contribution in [0.1, 0.15) is 26.7 Å². The number of amides is 1. The summed E-state index contributed by atoms with van der Waals surface area (Å²) in [4.78, 5) is 23.0. The van der Waals surface area contributed by atoms with Crippen molar-refractivity contribution < 1.29 is 32.9 Å². The second kappa shape index (κ2) is 12.6. The first-order valence-electron chi connectivity index (χ1n) is 4.91. The Bertz CT molecular complexity index is 188. The van der Waals surface area contributed by atoms with Gasteiger partial charge in [-0.2, -0.15) is 6.41 Å². The Morgan fingerprint density at radius 1 is 1.44 bits per heavy atom. The molecule has 0 aromatic heterocycles. The van der Waals surface area contributed by atoms with Gasteiger partial charge in [-0.25, -0.2) is 0 Å². The molecule has 0 spiro atoms. The van der Waals surface area contributed by atoms with Gasteiger partial charge in [-0.05, 0) is 20.4 Å². The summed E-state index contributed by atoms with van der Waals surface area (Å²) in [6.45, 7) is 4.54. The van der Waals surface area contributed by atoms with Gasteiger partial charge in [0, 0.05) is 6.54 Å². The number of esters is 1. The molecule has 1 radical (unpaired) electrons. The zero-order valence-electron chi connectivity index (χ0n) is 10.5. The topological polar surface area (TPSA) is 46.6 Å². The standard InChI is InChI=1S/C10H18NO3.CH3.V/c1-4-6-9(7-11(3)8-12)10(13)14-5-2;;/h9H,4-7H2,1-3H3;1H3;/q2*-1;+2. The minimum Gasteiger partial charge on any atom is -0.520 e. The number of ether oxygens (including phenoxy) is 1. The number of hydrogen-bond acceptors (Lipinski definition) is 3. The van der Waals surface area contributed by atoms with Crippen LogP contribution in [0, 0.1) is 13.3 Å². The summed E-state index contributed by atoms with van der Waals surface area (Å²) in [6.07, 6.45) is 3.37. The molecule has 0 aliphatic rings. The van der Waals surface area contributed by atoms with Gasteiger partial charge < -0.3 is 21.9 Å². The number of rotatable bonds is 7. The minimum absolute atomic E-state index is 0. The molecule has 1 amide bonds. The molecule has 0 aromatic rings. The molecule has 0 bridgehead atoms. The molecule has 0 saturated heterocycles. The largest absolute Gasteiger partial charge is 2.00 e. The molecule has 0 aliphatic carbocycles. The van der Waals surface area contributed by atoms with Gasteiger partial charge in [0.1, 0.15) is 0 Å². The molecule has 1 unspecified atom stereocenters. The first-order chi connectivity index (χ1) is 6.65. The smallest absolute Gasteiger partial charge is 0.520 e. The molecular weight excluding hydrogens is 245 g/mol. The fourth-order valence-electron chi connectivity index (χ4n) is 1.26. The number of nitrogens with zero attached hydrogens (tertiary/aromatic N) is 1. The molecule has 0 aliphatic heterocycles. The molecule has 0 saturated carbocycles. The van der Waals surface area contributed by atoms with Crippen LogP contribution in [-0.4, -0.2) is 37.5 Å². The van der Waals surface area contributed by atoms with Crippen LogP contribution in [0.3, 0.4) is 0 Å². The molecule has 93 valence electrons. The Morgan fingerprint density at radius 2 is 2.00 bits per heavy atom. The van der Waals surface area contributed by atoms with Crippen molar-refractivity contribution in [2.75, 3.05) is 20.2 Å². The van der Waals surface area contributed by atoms with Crippen molar-refractivity contribution in [2.24, 2.45) is 5.92 Å². The zero-order chi connectivity index (χ0) is 11.0. The van der Waals surface area contributed by atoms with Crippen molar-refractivity contribution in [1.82, 2.24) is 4.90 Å². The van der Waals surface area contributed by atoms with E-state index in [2.05, 4.69) is 0 Å². The predicted molar refractivity (Wildman–Crippen MR) is 59.8 cm³/mol. The van der Waals surface area contributed by atoms with E-state index in [0.29, 0.717) is 13.2 Å². The van der Waals surface area contributed by atoms with Crippen molar-refractivity contribution in [1.29, 1.82) is 0 Å². The summed E-state index contributed by atoms with van der Waals surface area (Å²) in [5.74, 6) is -0.442. The molecule has 0 aromatic carbocycles. The fraction of sp³-hybridized carbons (Fsp3) is 0.727. The number of hydrogen-bond donors (Lipinski definition) is 0. The Balaban J connectivity index is -0.000000845. The molecular formula is C11H21NO3V. The summed E-state index contributed by atoms with van der Waals surface area (Å²) < 4.78 is 4.91. The van der Waals surface area contributed by atoms with E-state index in [4.69, 9.17) is 4.74 Å². The van der Waals surface area contributed by atoms with Crippen LogP contribution in [0.2, 0.25) is 0 Å². The van der Waals surface area contributed by atoms with Gasteiger partial charge in [0.15, 0.2) is 0 Å². The number of carbonyl (C=O) groups is 1. The van der Waals surface area contributed by atoms with Crippen LogP contribution in [0.5, 0.6) is 0 Å². The molecule has 0 fully saturated rings. The third-order valence-corrected chi connectivity index (χ3v) is 1.91. The van der Waals surface area contributed by atoms with Crippen molar-refractivity contribution >= 4 is 12.4 Å². The van der Waals surface area contributed by atoms with Crippen molar-refractivity contribution in [3.05, 3.63) is 7.43 Å². The Hall–Kier alpha value is -0.476. The van der Waals surface area contributed by atoms with Crippen LogP contribution in [0.4, 0.5) is 0 Å². The summed E-state index contributed by atoms with van der Waals surface area (Å²) in [5.41, 5.74) is 0. The Morgan fingerprint density at radius 3 is 2.38 bits per heavy atom. The molecule has 0 N–H and O–H groups in total. The van der Waals surface area contributed by atoms with Crippen LogP contribution >= 0.6 is 0 Å². The van der Waals surface area contributed by atoms with E-state index < -0.39 is 0 Å². The number of carbonyl (C=O) groups excluding carboxylic acids is 2. The average Bonchev–Trinajstić information content (AvgIpc) is 2.17. The van der Waals surface area contributed by atoms with E-state index in [-0.39, 0.29) is 37.9 Å². The first kappa shape index (κ1) is 20.9. The van der Waals surface area contributed by atoms with Crippen LogP contribution in [-0.2, 0) is 32.9 Å². The van der Waals surface area contributed by atoms with Crippen LogP contribution in [0.25, 0.3) is 0 Å². The second-order valence-electron chi connectivity index (χ2n) is 3.21. The van der Waals surface area contributed by atoms with Gasteiger partial charge >= 0.3 is 24.5 Å². The summed E-state index contributed by atoms with van der Waals surface area (Å²) in [6, 6.07) is 0. The van der Waals surface area contributed by atoms with Crippen molar-refractivity contribution in [3.63, 3.8) is 0 Å². The quantitative estimate of drug-likeness (QED) is 0.397. The molecule has 5 heteroatoms. The first-order valence-corrected chi connectivity index (χ1v) is 4.91. The van der Waals surface area contributed by atoms with E-state index in [1.165, 1.54) is 4.90 Å².